The maximum atomic E-state index is 11.7. The van der Waals surface area contributed by atoms with Crippen LogP contribution >= 0.6 is 11.3 Å². The molecular formula is C15H27N3O2S. The lowest BCUT2D eigenvalue weighted by atomic mass is 9.87. The van der Waals surface area contributed by atoms with Gasteiger partial charge in [-0.2, -0.15) is 0 Å². The van der Waals surface area contributed by atoms with Gasteiger partial charge in [0.2, 0.25) is 0 Å². The summed E-state index contributed by atoms with van der Waals surface area (Å²) in [6.07, 6.45) is 1.05. The minimum Gasteiger partial charge on any atom is -0.393 e. The Morgan fingerprint density at radius 3 is 2.57 bits per heavy atom. The van der Waals surface area contributed by atoms with Crippen molar-refractivity contribution in [2.24, 2.45) is 5.41 Å². The molecular weight excluding hydrogens is 286 g/mol. The monoisotopic (exact) mass is 313 g/mol. The number of nitrogens with zero attached hydrogens (tertiary/aromatic N) is 1. The van der Waals surface area contributed by atoms with Crippen LogP contribution < -0.4 is 10.6 Å². The van der Waals surface area contributed by atoms with Crippen molar-refractivity contribution in [3.05, 3.63) is 15.6 Å². The Balaban J connectivity index is 2.25. The molecule has 1 aromatic heterocycles. The van der Waals surface area contributed by atoms with Crippen molar-refractivity contribution in [1.29, 1.82) is 0 Å². The standard InChI is InChI=1S/C15H27N3O2S/c1-10(19)8-15(4,5)9-17-14(20)16-7-6-13-18-11(2)12(3)21-13/h10,19H,6-9H2,1-5H3,(H2,16,17,20). The molecule has 1 unspecified atom stereocenters. The van der Waals surface area contributed by atoms with Crippen molar-refractivity contribution < 1.29 is 9.90 Å². The zero-order valence-electron chi connectivity index (χ0n) is 13.6. The Hall–Kier alpha value is -1.14. The summed E-state index contributed by atoms with van der Waals surface area (Å²) in [6.45, 7) is 11.0. The van der Waals surface area contributed by atoms with Gasteiger partial charge in [-0.25, -0.2) is 9.78 Å². The molecule has 0 spiro atoms. The fraction of sp³-hybridized carbons (Fsp3) is 0.733. The number of nitrogens with one attached hydrogen (secondary N) is 2. The van der Waals surface area contributed by atoms with E-state index in [0.717, 1.165) is 17.1 Å². The average Bonchev–Trinajstić information content (AvgIpc) is 2.65. The average molecular weight is 313 g/mol. The third-order valence-corrected chi connectivity index (χ3v) is 4.41. The first-order valence-electron chi connectivity index (χ1n) is 7.32. The van der Waals surface area contributed by atoms with Crippen LogP contribution in [0.5, 0.6) is 0 Å². The van der Waals surface area contributed by atoms with E-state index in [0.29, 0.717) is 19.5 Å². The van der Waals surface area contributed by atoms with Crippen LogP contribution in [0.2, 0.25) is 0 Å². The van der Waals surface area contributed by atoms with Crippen molar-refractivity contribution in [2.75, 3.05) is 13.1 Å². The summed E-state index contributed by atoms with van der Waals surface area (Å²) in [7, 11) is 0. The molecule has 0 fully saturated rings. The number of amides is 2. The molecule has 3 N–H and O–H groups in total. The number of hydrogen-bond donors (Lipinski definition) is 3. The topological polar surface area (TPSA) is 74.2 Å². The number of carbonyl (C=O) groups excluding carboxylic acids is 1. The lowest BCUT2D eigenvalue weighted by Gasteiger charge is -2.26. The van der Waals surface area contributed by atoms with Crippen molar-refractivity contribution in [3.63, 3.8) is 0 Å². The van der Waals surface area contributed by atoms with Crippen LogP contribution in [0.25, 0.3) is 0 Å². The highest BCUT2D eigenvalue weighted by atomic mass is 32.1. The zero-order chi connectivity index (χ0) is 16.0. The molecule has 0 aromatic carbocycles. The van der Waals surface area contributed by atoms with Gasteiger partial charge in [0.15, 0.2) is 0 Å². The molecule has 1 aromatic rings. The normalized spacial score (nSPS) is 13.0. The van der Waals surface area contributed by atoms with Gasteiger partial charge >= 0.3 is 6.03 Å². The van der Waals surface area contributed by atoms with Gasteiger partial charge in [0, 0.05) is 24.4 Å². The van der Waals surface area contributed by atoms with Crippen LogP contribution in [0.15, 0.2) is 0 Å². The van der Waals surface area contributed by atoms with E-state index in [2.05, 4.69) is 22.5 Å². The van der Waals surface area contributed by atoms with E-state index in [1.54, 1.807) is 18.3 Å². The van der Waals surface area contributed by atoms with E-state index >= 15 is 0 Å². The number of aryl methyl sites for hydroxylation is 2. The van der Waals surface area contributed by atoms with E-state index in [1.807, 2.05) is 20.8 Å². The number of carbonyl (C=O) groups is 1. The first-order chi connectivity index (χ1) is 9.69. The third kappa shape index (κ3) is 6.91. The number of thiazole rings is 1. The van der Waals surface area contributed by atoms with Crippen LogP contribution in [0.1, 0.15) is 42.8 Å². The largest absolute Gasteiger partial charge is 0.393 e. The SMILES string of the molecule is Cc1nc(CCNC(=O)NCC(C)(C)CC(C)O)sc1C. The van der Waals surface area contributed by atoms with Crippen molar-refractivity contribution in [3.8, 4) is 0 Å². The summed E-state index contributed by atoms with van der Waals surface area (Å²) in [4.78, 5) is 17.4. The first-order valence-corrected chi connectivity index (χ1v) is 8.14. The Kier molecular flexibility index (Phi) is 6.61. The summed E-state index contributed by atoms with van der Waals surface area (Å²) in [5, 5.41) is 16.2. The Morgan fingerprint density at radius 2 is 2.05 bits per heavy atom. The third-order valence-electron chi connectivity index (χ3n) is 3.27. The van der Waals surface area contributed by atoms with E-state index in [-0.39, 0.29) is 17.6 Å². The molecule has 0 aliphatic heterocycles. The molecule has 0 aliphatic carbocycles. The molecule has 120 valence electrons. The lowest BCUT2D eigenvalue weighted by Crippen LogP contribution is -2.42. The summed E-state index contributed by atoms with van der Waals surface area (Å²) in [6, 6.07) is -0.168. The molecule has 0 saturated heterocycles. The van der Waals surface area contributed by atoms with E-state index in [9.17, 15) is 9.90 Å². The van der Waals surface area contributed by atoms with Crippen molar-refractivity contribution >= 4 is 17.4 Å². The lowest BCUT2D eigenvalue weighted by molar-refractivity contribution is 0.129. The van der Waals surface area contributed by atoms with Crippen molar-refractivity contribution in [2.45, 2.75) is 53.6 Å². The van der Waals surface area contributed by atoms with Gasteiger partial charge in [-0.1, -0.05) is 13.8 Å². The summed E-state index contributed by atoms with van der Waals surface area (Å²) in [5.74, 6) is 0. The molecule has 0 saturated carbocycles. The molecule has 1 rings (SSSR count). The van der Waals surface area contributed by atoms with Gasteiger partial charge in [-0.15, -0.1) is 11.3 Å². The number of aliphatic hydroxyl groups excluding tert-OH is 1. The van der Waals surface area contributed by atoms with Gasteiger partial charge in [0.25, 0.3) is 0 Å². The summed E-state index contributed by atoms with van der Waals surface area (Å²) < 4.78 is 0. The molecule has 0 aliphatic rings. The molecule has 1 heterocycles. The molecule has 0 bridgehead atoms. The molecule has 6 heteroatoms. The molecule has 5 nitrogen and oxygen atoms in total. The van der Waals surface area contributed by atoms with Gasteiger partial charge in [0.05, 0.1) is 16.8 Å². The quantitative estimate of drug-likeness (QED) is 0.723. The van der Waals surface area contributed by atoms with Crippen LogP contribution in [-0.4, -0.2) is 35.3 Å². The number of hydrogen-bond acceptors (Lipinski definition) is 4. The van der Waals surface area contributed by atoms with Gasteiger partial charge in [0.1, 0.15) is 0 Å². The minimum absolute atomic E-state index is 0.116. The predicted octanol–water partition coefficient (Wildman–Crippen LogP) is 2.40. The van der Waals surface area contributed by atoms with Crippen LogP contribution in [0.4, 0.5) is 4.79 Å². The summed E-state index contributed by atoms with van der Waals surface area (Å²) >= 11 is 1.68. The zero-order valence-corrected chi connectivity index (χ0v) is 14.4. The van der Waals surface area contributed by atoms with E-state index in [4.69, 9.17) is 0 Å². The van der Waals surface area contributed by atoms with Gasteiger partial charge in [-0.3, -0.25) is 0 Å². The molecule has 0 radical (unpaired) electrons. The molecule has 1 atom stereocenters. The van der Waals surface area contributed by atoms with Gasteiger partial charge < -0.3 is 15.7 Å². The smallest absolute Gasteiger partial charge is 0.314 e. The maximum Gasteiger partial charge on any atom is 0.314 e. The first kappa shape index (κ1) is 17.9. The summed E-state index contributed by atoms with van der Waals surface area (Å²) in [5.41, 5.74) is 0.953. The highest BCUT2D eigenvalue weighted by Gasteiger charge is 2.20. The van der Waals surface area contributed by atoms with Crippen LogP contribution in [0, 0.1) is 19.3 Å². The maximum absolute atomic E-state index is 11.7. The molecule has 2 amide bonds. The number of rotatable bonds is 7. The van der Waals surface area contributed by atoms with Crippen LogP contribution in [-0.2, 0) is 6.42 Å². The number of urea groups is 1. The fourth-order valence-corrected chi connectivity index (χ4v) is 3.12. The second kappa shape index (κ2) is 7.75. The van der Waals surface area contributed by atoms with Crippen molar-refractivity contribution in [1.82, 2.24) is 15.6 Å². The highest BCUT2D eigenvalue weighted by molar-refractivity contribution is 7.11. The van der Waals surface area contributed by atoms with E-state index in [1.165, 1.54) is 4.88 Å². The predicted molar refractivity (Wildman–Crippen MR) is 86.8 cm³/mol. The number of aliphatic hydroxyl groups is 1. The van der Waals surface area contributed by atoms with Crippen LogP contribution in [0.3, 0.4) is 0 Å². The Bertz CT molecular complexity index is 450. The Labute approximate surface area is 131 Å². The number of aromatic nitrogens is 1. The Morgan fingerprint density at radius 1 is 1.38 bits per heavy atom. The van der Waals surface area contributed by atoms with Gasteiger partial charge in [-0.05, 0) is 32.6 Å². The second-order valence-corrected chi connectivity index (χ2v) is 7.61. The van der Waals surface area contributed by atoms with E-state index < -0.39 is 0 Å². The fourth-order valence-electron chi connectivity index (χ4n) is 2.18. The molecule has 21 heavy (non-hydrogen) atoms. The highest BCUT2D eigenvalue weighted by Crippen LogP contribution is 2.21. The second-order valence-electron chi connectivity index (χ2n) is 6.33. The minimum atomic E-state index is -0.360.